The molecule has 3 fully saturated rings. The van der Waals surface area contributed by atoms with Gasteiger partial charge < -0.3 is 19.1 Å². The zero-order chi connectivity index (χ0) is 23.5. The van der Waals surface area contributed by atoms with Crippen LogP contribution >= 0.6 is 0 Å². The molecule has 0 bridgehead atoms. The van der Waals surface area contributed by atoms with E-state index in [1.54, 1.807) is 7.11 Å². The van der Waals surface area contributed by atoms with Gasteiger partial charge >= 0.3 is 5.97 Å². The van der Waals surface area contributed by atoms with E-state index in [0.717, 1.165) is 89.3 Å². The van der Waals surface area contributed by atoms with Crippen LogP contribution in [-0.2, 0) is 9.53 Å². The van der Waals surface area contributed by atoms with Crippen molar-refractivity contribution in [3.63, 3.8) is 0 Å². The molecule has 0 N–H and O–H groups in total. The molecule has 0 amide bonds. The molecular weight excluding hydrogens is 426 g/mol. The highest BCUT2D eigenvalue weighted by atomic mass is 16.5. The van der Waals surface area contributed by atoms with Gasteiger partial charge in [-0.1, -0.05) is 44.2 Å². The van der Waals surface area contributed by atoms with Gasteiger partial charge in [0.25, 0.3) is 0 Å². The SMILES string of the molecule is COC(=O)C1(N2CCC(n3c(N4CCN(C)CC4)nc4ccccc43)CC2)CCCCCCC1. The fraction of sp³-hybridized carbons (Fsp3) is 0.704. The van der Waals surface area contributed by atoms with Gasteiger partial charge in [-0.25, -0.2) is 4.98 Å². The molecular formula is C27H41N5O2. The zero-order valence-electron chi connectivity index (χ0n) is 21.0. The molecule has 0 spiro atoms. The summed E-state index contributed by atoms with van der Waals surface area (Å²) >= 11 is 0. The molecule has 186 valence electrons. The average Bonchev–Trinajstić information content (AvgIpc) is 3.24. The maximum atomic E-state index is 13.1. The van der Waals surface area contributed by atoms with Crippen molar-refractivity contribution in [1.82, 2.24) is 19.4 Å². The largest absolute Gasteiger partial charge is 0.468 e. The van der Waals surface area contributed by atoms with Crippen molar-refractivity contribution in [2.24, 2.45) is 0 Å². The second-order valence-corrected chi connectivity index (χ2v) is 10.6. The number of rotatable bonds is 4. The van der Waals surface area contributed by atoms with Gasteiger partial charge in [-0.05, 0) is 44.9 Å². The van der Waals surface area contributed by atoms with Gasteiger partial charge in [0.2, 0.25) is 5.95 Å². The second-order valence-electron chi connectivity index (χ2n) is 10.6. The van der Waals surface area contributed by atoms with Crippen molar-refractivity contribution < 1.29 is 9.53 Å². The lowest BCUT2D eigenvalue weighted by molar-refractivity contribution is -0.158. The predicted octanol–water partition coefficient (Wildman–Crippen LogP) is 4.08. The lowest BCUT2D eigenvalue weighted by Crippen LogP contribution is -2.58. The number of likely N-dealkylation sites (tertiary alicyclic amines) is 1. The minimum Gasteiger partial charge on any atom is -0.468 e. The summed E-state index contributed by atoms with van der Waals surface area (Å²) in [6.45, 7) is 6.06. The minimum absolute atomic E-state index is 0.0148. The van der Waals surface area contributed by atoms with E-state index in [0.29, 0.717) is 6.04 Å². The van der Waals surface area contributed by atoms with Gasteiger partial charge in [-0.15, -0.1) is 0 Å². The number of hydrogen-bond donors (Lipinski definition) is 0. The molecule has 2 aromatic rings. The van der Waals surface area contributed by atoms with E-state index in [4.69, 9.17) is 9.72 Å². The molecule has 2 aliphatic heterocycles. The first-order valence-electron chi connectivity index (χ1n) is 13.4. The first kappa shape index (κ1) is 23.6. The summed E-state index contributed by atoms with van der Waals surface area (Å²) in [5, 5.41) is 0. The summed E-state index contributed by atoms with van der Waals surface area (Å²) in [5.41, 5.74) is 1.89. The number of nitrogens with zero attached hydrogens (tertiary/aromatic N) is 5. The molecule has 3 heterocycles. The molecule has 1 saturated carbocycles. The van der Waals surface area contributed by atoms with E-state index in [9.17, 15) is 4.79 Å². The lowest BCUT2D eigenvalue weighted by atomic mass is 9.81. The highest BCUT2D eigenvalue weighted by Crippen LogP contribution is 2.39. The molecule has 1 aromatic heterocycles. The maximum Gasteiger partial charge on any atom is 0.326 e. The third-order valence-corrected chi connectivity index (χ3v) is 8.54. The number of methoxy groups -OCH3 is 1. The highest BCUT2D eigenvalue weighted by Gasteiger charge is 2.46. The van der Waals surface area contributed by atoms with Crippen molar-refractivity contribution >= 4 is 23.0 Å². The summed E-state index contributed by atoms with van der Waals surface area (Å²) in [4.78, 5) is 25.6. The Hall–Kier alpha value is -2.12. The van der Waals surface area contributed by atoms with Crippen LogP contribution in [-0.4, -0.2) is 84.3 Å². The van der Waals surface area contributed by atoms with Crippen molar-refractivity contribution in [1.29, 1.82) is 0 Å². The van der Waals surface area contributed by atoms with Crippen LogP contribution in [0.3, 0.4) is 0 Å². The van der Waals surface area contributed by atoms with Gasteiger partial charge in [-0.2, -0.15) is 0 Å². The van der Waals surface area contributed by atoms with Crippen LogP contribution in [0.5, 0.6) is 0 Å². The summed E-state index contributed by atoms with van der Waals surface area (Å²) < 4.78 is 7.91. The van der Waals surface area contributed by atoms with Crippen LogP contribution in [0.15, 0.2) is 24.3 Å². The molecule has 7 heteroatoms. The van der Waals surface area contributed by atoms with Crippen LogP contribution in [0.1, 0.15) is 63.8 Å². The number of carbonyl (C=O) groups is 1. The van der Waals surface area contributed by atoms with Gasteiger partial charge in [0, 0.05) is 45.3 Å². The van der Waals surface area contributed by atoms with Gasteiger partial charge in [0.15, 0.2) is 0 Å². The van der Waals surface area contributed by atoms with Crippen LogP contribution in [0.25, 0.3) is 11.0 Å². The van der Waals surface area contributed by atoms with E-state index in [1.807, 2.05) is 0 Å². The monoisotopic (exact) mass is 467 g/mol. The minimum atomic E-state index is -0.433. The van der Waals surface area contributed by atoms with Crippen LogP contribution < -0.4 is 4.90 Å². The molecule has 3 aliphatic rings. The summed E-state index contributed by atoms with van der Waals surface area (Å²) in [6.07, 6.45) is 9.94. The molecule has 34 heavy (non-hydrogen) atoms. The number of imidazole rings is 1. The Kier molecular flexibility index (Phi) is 7.11. The van der Waals surface area contributed by atoms with Crippen LogP contribution in [0.2, 0.25) is 0 Å². The number of benzene rings is 1. The third kappa shape index (κ3) is 4.44. The van der Waals surface area contributed by atoms with Crippen molar-refractivity contribution in [2.75, 3.05) is 58.3 Å². The number of para-hydroxylation sites is 2. The van der Waals surface area contributed by atoms with E-state index in [1.165, 1.54) is 24.8 Å². The lowest BCUT2D eigenvalue weighted by Gasteiger charge is -2.46. The van der Waals surface area contributed by atoms with E-state index in [-0.39, 0.29) is 5.97 Å². The molecule has 2 saturated heterocycles. The van der Waals surface area contributed by atoms with Crippen molar-refractivity contribution in [3.05, 3.63) is 24.3 Å². The third-order valence-electron chi connectivity index (χ3n) is 8.54. The molecule has 0 atom stereocenters. The Morgan fingerprint density at radius 3 is 2.26 bits per heavy atom. The molecule has 5 rings (SSSR count). The quantitative estimate of drug-likeness (QED) is 0.632. The molecule has 0 unspecified atom stereocenters. The number of esters is 1. The fourth-order valence-electron chi connectivity index (χ4n) is 6.50. The Labute approximate surface area is 204 Å². The van der Waals surface area contributed by atoms with Gasteiger partial charge in [-0.3, -0.25) is 9.69 Å². The number of anilines is 1. The van der Waals surface area contributed by atoms with Crippen LogP contribution in [0.4, 0.5) is 5.95 Å². The Morgan fingerprint density at radius 2 is 1.59 bits per heavy atom. The fourth-order valence-corrected chi connectivity index (χ4v) is 6.50. The topological polar surface area (TPSA) is 53.8 Å². The molecule has 1 aliphatic carbocycles. The summed E-state index contributed by atoms with van der Waals surface area (Å²) in [5.74, 6) is 1.11. The number of hydrogen-bond acceptors (Lipinski definition) is 6. The van der Waals surface area contributed by atoms with E-state index >= 15 is 0 Å². The standard InChI is InChI=1S/C27H41N5O2/c1-29-18-20-30(21-19-29)26-28-23-10-6-7-11-24(23)32(26)22-12-16-31(17-13-22)27(25(33)34-2)14-8-4-3-5-9-15-27/h6-7,10-11,22H,3-5,8-9,12-21H2,1-2H3. The number of fused-ring (bicyclic) bond motifs is 1. The number of piperazine rings is 1. The Bertz CT molecular complexity index is 965. The number of ether oxygens (including phenoxy) is 1. The average molecular weight is 468 g/mol. The number of piperidine rings is 1. The van der Waals surface area contributed by atoms with Crippen LogP contribution in [0, 0.1) is 0 Å². The first-order valence-corrected chi connectivity index (χ1v) is 13.4. The van der Waals surface area contributed by atoms with E-state index in [2.05, 4.69) is 50.6 Å². The molecule has 1 aromatic carbocycles. The molecule has 0 radical (unpaired) electrons. The van der Waals surface area contributed by atoms with E-state index < -0.39 is 5.54 Å². The Morgan fingerprint density at radius 1 is 0.941 bits per heavy atom. The number of carbonyl (C=O) groups excluding carboxylic acids is 1. The number of likely N-dealkylation sites (N-methyl/N-ethyl adjacent to an activating group) is 1. The maximum absolute atomic E-state index is 13.1. The van der Waals surface area contributed by atoms with Gasteiger partial charge in [0.1, 0.15) is 5.54 Å². The first-order chi connectivity index (χ1) is 16.6. The van der Waals surface area contributed by atoms with Gasteiger partial charge in [0.05, 0.1) is 18.1 Å². The highest BCUT2D eigenvalue weighted by molar-refractivity contribution is 5.81. The smallest absolute Gasteiger partial charge is 0.326 e. The normalized spacial score (nSPS) is 23.5. The zero-order valence-corrected chi connectivity index (χ0v) is 21.0. The Balaban J connectivity index is 1.39. The van der Waals surface area contributed by atoms with Crippen molar-refractivity contribution in [2.45, 2.75) is 69.4 Å². The summed E-state index contributed by atoms with van der Waals surface area (Å²) in [7, 11) is 3.76. The number of aromatic nitrogens is 2. The van der Waals surface area contributed by atoms with Crippen molar-refractivity contribution in [3.8, 4) is 0 Å². The summed E-state index contributed by atoms with van der Waals surface area (Å²) in [6, 6.07) is 8.98. The second kappa shape index (κ2) is 10.2. The molecule has 7 nitrogen and oxygen atoms in total. The predicted molar refractivity (Wildman–Crippen MR) is 136 cm³/mol.